The first-order chi connectivity index (χ1) is 7.15. The first-order valence-electron chi connectivity index (χ1n) is 4.95. The van der Waals surface area contributed by atoms with Crippen LogP contribution in [0.15, 0.2) is 18.2 Å². The molecule has 0 aliphatic carbocycles. The van der Waals surface area contributed by atoms with E-state index in [2.05, 4.69) is 20.8 Å². The second kappa shape index (κ2) is 4.58. The van der Waals surface area contributed by atoms with Crippen LogP contribution in [0.4, 0.5) is 8.78 Å². The molecule has 0 radical (unpaired) electrons. The number of hydrogen-bond donors (Lipinski definition) is 0. The molecule has 1 heterocycles. The lowest BCUT2D eigenvalue weighted by molar-refractivity contribution is 0.326. The maximum absolute atomic E-state index is 13.3. The Morgan fingerprint density at radius 1 is 1.40 bits per heavy atom. The Kier molecular flexibility index (Phi) is 3.36. The fraction of sp³-hybridized carbons (Fsp3) is 0.455. The highest BCUT2D eigenvalue weighted by Gasteiger charge is 2.20. The summed E-state index contributed by atoms with van der Waals surface area (Å²) in [5.41, 5.74) is 0.568. The van der Waals surface area contributed by atoms with Crippen molar-refractivity contribution >= 4 is 15.9 Å². The van der Waals surface area contributed by atoms with Crippen molar-refractivity contribution in [3.63, 3.8) is 0 Å². The van der Waals surface area contributed by atoms with Gasteiger partial charge in [-0.25, -0.2) is 8.78 Å². The van der Waals surface area contributed by atoms with Gasteiger partial charge in [0.05, 0.1) is 0 Å². The van der Waals surface area contributed by atoms with Gasteiger partial charge < -0.3 is 0 Å². The van der Waals surface area contributed by atoms with Gasteiger partial charge in [-0.2, -0.15) is 0 Å². The largest absolute Gasteiger partial charge is 0.298 e. The lowest BCUT2D eigenvalue weighted by atomic mass is 10.2. The molecular formula is C11H12BrF2N. The van der Waals surface area contributed by atoms with Crippen molar-refractivity contribution < 1.29 is 8.78 Å². The SMILES string of the molecule is Fc1ccc(CN2CCC(Br)C2)c(F)c1. The van der Waals surface area contributed by atoms with Crippen molar-refractivity contribution in [1.29, 1.82) is 0 Å². The third-order valence-electron chi connectivity index (χ3n) is 2.62. The lowest BCUT2D eigenvalue weighted by Gasteiger charge is -2.15. The maximum Gasteiger partial charge on any atom is 0.130 e. The van der Waals surface area contributed by atoms with Gasteiger partial charge in [-0.1, -0.05) is 22.0 Å². The van der Waals surface area contributed by atoms with Gasteiger partial charge in [0.15, 0.2) is 0 Å². The Morgan fingerprint density at radius 2 is 2.20 bits per heavy atom. The number of alkyl halides is 1. The molecular weight excluding hydrogens is 264 g/mol. The van der Waals surface area contributed by atoms with Gasteiger partial charge in [0.25, 0.3) is 0 Å². The maximum atomic E-state index is 13.3. The van der Waals surface area contributed by atoms with Crippen LogP contribution >= 0.6 is 15.9 Å². The van der Waals surface area contributed by atoms with E-state index in [-0.39, 0.29) is 0 Å². The number of benzene rings is 1. The summed E-state index contributed by atoms with van der Waals surface area (Å²) in [7, 11) is 0. The Balaban J connectivity index is 2.04. The molecule has 0 bridgehead atoms. The summed E-state index contributed by atoms with van der Waals surface area (Å²) in [5.74, 6) is -0.968. The predicted octanol–water partition coefficient (Wildman–Crippen LogP) is 2.93. The lowest BCUT2D eigenvalue weighted by Crippen LogP contribution is -2.20. The normalized spacial score (nSPS) is 22.2. The number of rotatable bonds is 2. The molecule has 1 aromatic rings. The van der Waals surface area contributed by atoms with Crippen molar-refractivity contribution in [2.75, 3.05) is 13.1 Å². The van der Waals surface area contributed by atoms with Crippen LogP contribution in [0.3, 0.4) is 0 Å². The zero-order valence-corrected chi connectivity index (χ0v) is 9.80. The summed E-state index contributed by atoms with van der Waals surface area (Å²) in [4.78, 5) is 2.66. The van der Waals surface area contributed by atoms with Crippen LogP contribution in [-0.4, -0.2) is 22.8 Å². The molecule has 0 N–H and O–H groups in total. The van der Waals surface area contributed by atoms with E-state index in [4.69, 9.17) is 0 Å². The molecule has 15 heavy (non-hydrogen) atoms. The summed E-state index contributed by atoms with van der Waals surface area (Å²) in [6.45, 7) is 2.46. The molecule has 4 heteroatoms. The molecule has 1 saturated heterocycles. The average Bonchev–Trinajstić information content (AvgIpc) is 2.56. The molecule has 1 atom stereocenters. The van der Waals surface area contributed by atoms with Crippen molar-refractivity contribution in [3.05, 3.63) is 35.4 Å². The van der Waals surface area contributed by atoms with Crippen molar-refractivity contribution in [1.82, 2.24) is 4.90 Å². The van der Waals surface area contributed by atoms with E-state index in [1.165, 1.54) is 12.1 Å². The quantitative estimate of drug-likeness (QED) is 0.751. The van der Waals surface area contributed by atoms with Crippen LogP contribution in [-0.2, 0) is 6.54 Å². The molecule has 1 fully saturated rings. The molecule has 0 spiro atoms. The van der Waals surface area contributed by atoms with Gasteiger partial charge >= 0.3 is 0 Å². The third kappa shape index (κ3) is 2.75. The predicted molar refractivity (Wildman–Crippen MR) is 59.0 cm³/mol. The fourth-order valence-electron chi connectivity index (χ4n) is 1.82. The van der Waals surface area contributed by atoms with E-state index >= 15 is 0 Å². The number of nitrogens with zero attached hydrogens (tertiary/aromatic N) is 1. The van der Waals surface area contributed by atoms with E-state index in [0.29, 0.717) is 16.9 Å². The van der Waals surface area contributed by atoms with E-state index in [9.17, 15) is 8.78 Å². The molecule has 2 rings (SSSR count). The zero-order chi connectivity index (χ0) is 10.8. The summed E-state index contributed by atoms with van der Waals surface area (Å²) >= 11 is 3.53. The van der Waals surface area contributed by atoms with Crippen LogP contribution in [0, 0.1) is 11.6 Å². The van der Waals surface area contributed by atoms with Crippen molar-refractivity contribution in [3.8, 4) is 0 Å². The second-order valence-electron chi connectivity index (χ2n) is 3.86. The average molecular weight is 276 g/mol. The van der Waals surface area contributed by atoms with Gasteiger partial charge in [0.2, 0.25) is 0 Å². The van der Waals surface area contributed by atoms with E-state index < -0.39 is 11.6 Å². The molecule has 1 unspecified atom stereocenters. The fourth-order valence-corrected chi connectivity index (χ4v) is 2.43. The summed E-state index contributed by atoms with van der Waals surface area (Å²) in [6, 6.07) is 3.77. The molecule has 1 aliphatic heterocycles. The molecule has 0 aromatic heterocycles. The highest BCUT2D eigenvalue weighted by molar-refractivity contribution is 9.09. The molecule has 0 saturated carbocycles. The molecule has 82 valence electrons. The summed E-state index contributed by atoms with van der Waals surface area (Å²) in [6.07, 6.45) is 1.09. The second-order valence-corrected chi connectivity index (χ2v) is 5.15. The van der Waals surface area contributed by atoms with E-state index in [1.54, 1.807) is 0 Å². The minimum Gasteiger partial charge on any atom is -0.298 e. The van der Waals surface area contributed by atoms with Gasteiger partial charge in [-0.05, 0) is 19.0 Å². The molecule has 0 amide bonds. The number of hydrogen-bond acceptors (Lipinski definition) is 1. The Labute approximate surface area is 96.2 Å². The highest BCUT2D eigenvalue weighted by atomic mass is 79.9. The minimum absolute atomic E-state index is 0.451. The van der Waals surface area contributed by atoms with Gasteiger partial charge in [-0.3, -0.25) is 4.90 Å². The molecule has 1 nitrogen and oxygen atoms in total. The van der Waals surface area contributed by atoms with Crippen LogP contribution in [0.5, 0.6) is 0 Å². The summed E-state index contributed by atoms with van der Waals surface area (Å²) < 4.78 is 26.0. The minimum atomic E-state index is -0.518. The van der Waals surface area contributed by atoms with Crippen molar-refractivity contribution in [2.24, 2.45) is 0 Å². The Hall–Kier alpha value is -0.480. The smallest absolute Gasteiger partial charge is 0.130 e. The van der Waals surface area contributed by atoms with Gasteiger partial charge in [-0.15, -0.1) is 0 Å². The highest BCUT2D eigenvalue weighted by Crippen LogP contribution is 2.20. The van der Waals surface area contributed by atoms with Crippen LogP contribution in [0.2, 0.25) is 0 Å². The number of halogens is 3. The molecule has 1 aromatic carbocycles. The van der Waals surface area contributed by atoms with E-state index in [1.807, 2.05) is 0 Å². The van der Waals surface area contributed by atoms with Crippen LogP contribution in [0.25, 0.3) is 0 Å². The Morgan fingerprint density at radius 3 is 2.80 bits per heavy atom. The monoisotopic (exact) mass is 275 g/mol. The first kappa shape index (κ1) is 11.0. The zero-order valence-electron chi connectivity index (χ0n) is 8.22. The number of likely N-dealkylation sites (tertiary alicyclic amines) is 1. The van der Waals surface area contributed by atoms with E-state index in [0.717, 1.165) is 25.6 Å². The van der Waals surface area contributed by atoms with Gasteiger partial charge in [0, 0.05) is 29.5 Å². The van der Waals surface area contributed by atoms with Crippen LogP contribution < -0.4 is 0 Å². The first-order valence-corrected chi connectivity index (χ1v) is 5.87. The van der Waals surface area contributed by atoms with Crippen LogP contribution in [0.1, 0.15) is 12.0 Å². The standard InChI is InChI=1S/C11H12BrF2N/c12-9-3-4-15(7-9)6-8-1-2-10(13)5-11(8)14/h1-2,5,9H,3-4,6-7H2. The Bertz CT molecular complexity index is 356. The van der Waals surface area contributed by atoms with Gasteiger partial charge in [0.1, 0.15) is 11.6 Å². The topological polar surface area (TPSA) is 3.24 Å². The molecule has 1 aliphatic rings. The third-order valence-corrected chi connectivity index (χ3v) is 3.37. The summed E-state index contributed by atoms with van der Waals surface area (Å²) in [5, 5.41) is 0. The van der Waals surface area contributed by atoms with Crippen molar-refractivity contribution in [2.45, 2.75) is 17.8 Å².